The van der Waals surface area contributed by atoms with Crippen molar-refractivity contribution >= 4 is 11.6 Å². The van der Waals surface area contributed by atoms with Crippen molar-refractivity contribution in [1.29, 1.82) is 0 Å². The highest BCUT2D eigenvalue weighted by Gasteiger charge is 2.18. The SMILES string of the molecule is O=C(/C=C/C1CCCCC1)Nc1ccccc1CN1CCC(O)CC1. The van der Waals surface area contributed by atoms with E-state index in [2.05, 4.69) is 22.4 Å². The molecule has 136 valence electrons. The molecule has 2 fully saturated rings. The van der Waals surface area contributed by atoms with Gasteiger partial charge in [0.05, 0.1) is 6.10 Å². The minimum Gasteiger partial charge on any atom is -0.393 e. The lowest BCUT2D eigenvalue weighted by molar-refractivity contribution is -0.111. The van der Waals surface area contributed by atoms with E-state index in [0.29, 0.717) is 5.92 Å². The first-order valence-corrected chi connectivity index (χ1v) is 9.68. The van der Waals surface area contributed by atoms with Gasteiger partial charge in [0.1, 0.15) is 0 Å². The first-order chi connectivity index (χ1) is 12.2. The number of likely N-dealkylation sites (tertiary alicyclic amines) is 1. The first kappa shape index (κ1) is 18.2. The smallest absolute Gasteiger partial charge is 0.248 e. The molecule has 3 rings (SSSR count). The van der Waals surface area contributed by atoms with Gasteiger partial charge in [-0.25, -0.2) is 0 Å². The van der Waals surface area contributed by atoms with Gasteiger partial charge in [0.25, 0.3) is 0 Å². The Kier molecular flexibility index (Phi) is 6.65. The second-order valence-corrected chi connectivity index (χ2v) is 7.41. The van der Waals surface area contributed by atoms with Crippen LogP contribution in [-0.4, -0.2) is 35.1 Å². The average molecular weight is 342 g/mol. The number of para-hydroxylation sites is 1. The summed E-state index contributed by atoms with van der Waals surface area (Å²) in [5, 5.41) is 12.7. The molecule has 1 heterocycles. The molecule has 0 unspecified atom stereocenters. The number of carbonyl (C=O) groups excluding carboxylic acids is 1. The van der Waals surface area contributed by atoms with Crippen molar-refractivity contribution in [1.82, 2.24) is 4.90 Å². The van der Waals surface area contributed by atoms with Crippen molar-refractivity contribution in [2.75, 3.05) is 18.4 Å². The van der Waals surface area contributed by atoms with E-state index in [0.717, 1.165) is 43.7 Å². The molecule has 4 nitrogen and oxygen atoms in total. The number of benzene rings is 1. The van der Waals surface area contributed by atoms with Gasteiger partial charge in [-0.05, 0) is 49.3 Å². The molecule has 1 saturated carbocycles. The van der Waals surface area contributed by atoms with Crippen LogP contribution in [0.4, 0.5) is 5.69 Å². The van der Waals surface area contributed by atoms with Gasteiger partial charge in [0.2, 0.25) is 5.91 Å². The molecule has 4 heteroatoms. The second-order valence-electron chi connectivity index (χ2n) is 7.41. The summed E-state index contributed by atoms with van der Waals surface area (Å²) in [7, 11) is 0. The lowest BCUT2D eigenvalue weighted by atomic mass is 9.89. The van der Waals surface area contributed by atoms with Crippen LogP contribution in [-0.2, 0) is 11.3 Å². The molecular formula is C21H30N2O2. The van der Waals surface area contributed by atoms with Gasteiger partial charge in [-0.15, -0.1) is 0 Å². The van der Waals surface area contributed by atoms with Crippen molar-refractivity contribution in [3.05, 3.63) is 42.0 Å². The van der Waals surface area contributed by atoms with E-state index in [4.69, 9.17) is 0 Å². The van der Waals surface area contributed by atoms with E-state index >= 15 is 0 Å². The maximum atomic E-state index is 12.3. The van der Waals surface area contributed by atoms with E-state index in [-0.39, 0.29) is 12.0 Å². The van der Waals surface area contributed by atoms with Crippen LogP contribution in [0.3, 0.4) is 0 Å². The summed E-state index contributed by atoms with van der Waals surface area (Å²) < 4.78 is 0. The summed E-state index contributed by atoms with van der Waals surface area (Å²) in [5.74, 6) is 0.529. The van der Waals surface area contributed by atoms with E-state index in [1.165, 1.54) is 32.1 Å². The number of rotatable bonds is 5. The third-order valence-electron chi connectivity index (χ3n) is 5.40. The van der Waals surface area contributed by atoms with Gasteiger partial charge in [0.15, 0.2) is 0 Å². The number of allylic oxidation sites excluding steroid dienone is 1. The van der Waals surface area contributed by atoms with Crippen LogP contribution >= 0.6 is 0 Å². The van der Waals surface area contributed by atoms with Crippen LogP contribution in [0.25, 0.3) is 0 Å². The Morgan fingerprint density at radius 3 is 2.60 bits per heavy atom. The highest BCUT2D eigenvalue weighted by atomic mass is 16.3. The maximum Gasteiger partial charge on any atom is 0.248 e. The highest BCUT2D eigenvalue weighted by Crippen LogP contribution is 2.25. The molecule has 0 atom stereocenters. The monoisotopic (exact) mass is 342 g/mol. The van der Waals surface area contributed by atoms with Gasteiger partial charge >= 0.3 is 0 Å². The molecule has 0 radical (unpaired) electrons. The summed E-state index contributed by atoms with van der Waals surface area (Å²) in [6, 6.07) is 8.03. The van der Waals surface area contributed by atoms with E-state index in [1.54, 1.807) is 6.08 Å². The minimum absolute atomic E-state index is 0.0351. The van der Waals surface area contributed by atoms with Crippen LogP contribution in [0, 0.1) is 5.92 Å². The number of amides is 1. The molecule has 2 N–H and O–H groups in total. The van der Waals surface area contributed by atoms with Crippen molar-refractivity contribution in [2.45, 2.75) is 57.6 Å². The number of piperidine rings is 1. The standard InChI is InChI=1S/C21H30N2O2/c24-19-12-14-23(15-13-19)16-18-8-4-5-9-20(18)22-21(25)11-10-17-6-2-1-3-7-17/h4-5,8-11,17,19,24H,1-3,6-7,12-16H2,(H,22,25)/b11-10+. The van der Waals surface area contributed by atoms with Gasteiger partial charge in [-0.2, -0.15) is 0 Å². The van der Waals surface area contributed by atoms with Crippen LogP contribution < -0.4 is 5.32 Å². The molecule has 1 amide bonds. The Morgan fingerprint density at radius 2 is 1.84 bits per heavy atom. The summed E-state index contributed by atoms with van der Waals surface area (Å²) in [5.41, 5.74) is 2.03. The van der Waals surface area contributed by atoms with Gasteiger partial charge in [0, 0.05) is 25.3 Å². The first-order valence-electron chi connectivity index (χ1n) is 9.68. The zero-order chi connectivity index (χ0) is 17.5. The minimum atomic E-state index is -0.156. The van der Waals surface area contributed by atoms with Crippen LogP contribution in [0.1, 0.15) is 50.5 Å². The van der Waals surface area contributed by atoms with E-state index < -0.39 is 0 Å². The fourth-order valence-electron chi connectivity index (χ4n) is 3.82. The number of aliphatic hydroxyl groups excluding tert-OH is 1. The fourth-order valence-corrected chi connectivity index (χ4v) is 3.82. The summed E-state index contributed by atoms with van der Waals surface area (Å²) in [4.78, 5) is 14.6. The molecular weight excluding hydrogens is 312 g/mol. The lowest BCUT2D eigenvalue weighted by Crippen LogP contribution is -2.35. The Morgan fingerprint density at radius 1 is 1.12 bits per heavy atom. The number of hydrogen-bond acceptors (Lipinski definition) is 3. The molecule has 2 aliphatic rings. The molecule has 0 aromatic heterocycles. The number of carbonyl (C=O) groups is 1. The number of aliphatic hydroxyl groups is 1. The van der Waals surface area contributed by atoms with Gasteiger partial charge in [-0.1, -0.05) is 43.5 Å². The zero-order valence-corrected chi connectivity index (χ0v) is 15.0. The van der Waals surface area contributed by atoms with Gasteiger partial charge < -0.3 is 10.4 Å². The molecule has 0 spiro atoms. The Labute approximate surface area is 150 Å². The Hall–Kier alpha value is -1.65. The van der Waals surface area contributed by atoms with Crippen molar-refractivity contribution in [2.24, 2.45) is 5.92 Å². The quantitative estimate of drug-likeness (QED) is 0.802. The second kappa shape index (κ2) is 9.16. The van der Waals surface area contributed by atoms with E-state index in [1.807, 2.05) is 18.2 Å². The maximum absolute atomic E-state index is 12.3. The summed E-state index contributed by atoms with van der Waals surface area (Å²) in [6.45, 7) is 2.63. The van der Waals surface area contributed by atoms with Crippen molar-refractivity contribution in [3.63, 3.8) is 0 Å². The van der Waals surface area contributed by atoms with Crippen LogP contribution in [0.2, 0.25) is 0 Å². The van der Waals surface area contributed by atoms with E-state index in [9.17, 15) is 9.90 Å². The highest BCUT2D eigenvalue weighted by molar-refractivity contribution is 5.99. The van der Waals surface area contributed by atoms with Crippen LogP contribution in [0.5, 0.6) is 0 Å². The lowest BCUT2D eigenvalue weighted by Gasteiger charge is -2.30. The normalized spacial score (nSPS) is 20.8. The number of hydrogen-bond donors (Lipinski definition) is 2. The summed E-state index contributed by atoms with van der Waals surface area (Å²) >= 11 is 0. The Balaban J connectivity index is 1.56. The molecule has 25 heavy (non-hydrogen) atoms. The molecule has 1 aromatic carbocycles. The molecule has 1 saturated heterocycles. The molecule has 0 bridgehead atoms. The van der Waals surface area contributed by atoms with Crippen molar-refractivity contribution in [3.8, 4) is 0 Å². The largest absolute Gasteiger partial charge is 0.393 e. The summed E-state index contributed by atoms with van der Waals surface area (Å²) in [6.07, 6.45) is 11.6. The van der Waals surface area contributed by atoms with Crippen LogP contribution in [0.15, 0.2) is 36.4 Å². The third kappa shape index (κ3) is 5.68. The predicted octanol–water partition coefficient (Wildman–Crippen LogP) is 3.72. The topological polar surface area (TPSA) is 52.6 Å². The van der Waals surface area contributed by atoms with Crippen molar-refractivity contribution < 1.29 is 9.90 Å². The number of nitrogens with one attached hydrogen (secondary N) is 1. The molecule has 1 aromatic rings. The fraction of sp³-hybridized carbons (Fsp3) is 0.571. The predicted molar refractivity (Wildman–Crippen MR) is 101 cm³/mol. The van der Waals surface area contributed by atoms with Gasteiger partial charge in [-0.3, -0.25) is 9.69 Å². The third-order valence-corrected chi connectivity index (χ3v) is 5.40. The number of anilines is 1. The Bertz CT molecular complexity index is 585. The molecule has 1 aliphatic carbocycles. The zero-order valence-electron chi connectivity index (χ0n) is 15.0. The average Bonchev–Trinajstić information content (AvgIpc) is 2.64. The number of nitrogens with zero attached hydrogens (tertiary/aromatic N) is 1. The molecule has 1 aliphatic heterocycles.